The maximum atomic E-state index is 12.9. The van der Waals surface area contributed by atoms with Gasteiger partial charge >= 0.3 is 0 Å². The lowest BCUT2D eigenvalue weighted by Gasteiger charge is -2.19. The zero-order chi connectivity index (χ0) is 19.8. The number of carbonyl (C=O) groups excluding carboxylic acids is 3. The van der Waals surface area contributed by atoms with E-state index in [9.17, 15) is 14.4 Å². The van der Waals surface area contributed by atoms with Gasteiger partial charge in [-0.2, -0.15) is 0 Å². The van der Waals surface area contributed by atoms with Crippen molar-refractivity contribution in [2.75, 3.05) is 20.2 Å². The first-order valence-electron chi connectivity index (χ1n) is 9.16. The van der Waals surface area contributed by atoms with Gasteiger partial charge in [-0.15, -0.1) is 12.4 Å². The van der Waals surface area contributed by atoms with Crippen molar-refractivity contribution in [3.8, 4) is 5.75 Å². The molecule has 0 spiro atoms. The van der Waals surface area contributed by atoms with Gasteiger partial charge in [-0.3, -0.25) is 19.3 Å². The summed E-state index contributed by atoms with van der Waals surface area (Å²) in [6, 6.07) is 11.9. The van der Waals surface area contributed by atoms with Gasteiger partial charge in [0.2, 0.25) is 0 Å². The van der Waals surface area contributed by atoms with Gasteiger partial charge in [-0.25, -0.2) is 0 Å². The van der Waals surface area contributed by atoms with E-state index in [1.165, 1.54) is 12.0 Å². The minimum absolute atomic E-state index is 0. The zero-order valence-electron chi connectivity index (χ0n) is 16.0. The van der Waals surface area contributed by atoms with E-state index in [1.54, 1.807) is 47.4 Å². The molecule has 29 heavy (non-hydrogen) atoms. The van der Waals surface area contributed by atoms with Crippen molar-refractivity contribution in [2.24, 2.45) is 5.73 Å². The van der Waals surface area contributed by atoms with Crippen molar-refractivity contribution in [2.45, 2.75) is 19.0 Å². The molecule has 2 heterocycles. The Labute approximate surface area is 174 Å². The molecule has 2 aromatic rings. The van der Waals surface area contributed by atoms with Crippen molar-refractivity contribution in [3.63, 3.8) is 0 Å². The number of halogens is 1. The fourth-order valence-electron chi connectivity index (χ4n) is 3.73. The molecule has 8 heteroatoms. The van der Waals surface area contributed by atoms with Gasteiger partial charge in [0.15, 0.2) is 0 Å². The Morgan fingerprint density at radius 2 is 1.79 bits per heavy atom. The fraction of sp³-hybridized carbons (Fsp3) is 0.286. The van der Waals surface area contributed by atoms with Crippen LogP contribution in [-0.2, 0) is 6.54 Å². The molecule has 2 aliphatic rings. The molecule has 4 rings (SSSR count). The average Bonchev–Trinajstić information content (AvgIpc) is 3.25. The Morgan fingerprint density at radius 3 is 2.34 bits per heavy atom. The number of hydrogen-bond donors (Lipinski definition) is 1. The number of amides is 3. The Morgan fingerprint density at radius 1 is 1.14 bits per heavy atom. The third-order valence-electron chi connectivity index (χ3n) is 5.23. The largest absolute Gasteiger partial charge is 0.496 e. The molecule has 2 aromatic carbocycles. The lowest BCUT2D eigenvalue weighted by molar-refractivity contribution is 0.0642. The van der Waals surface area contributed by atoms with Crippen LogP contribution in [0.3, 0.4) is 0 Å². The summed E-state index contributed by atoms with van der Waals surface area (Å²) in [6.07, 6.45) is 0.767. The molecule has 2 aliphatic heterocycles. The second kappa shape index (κ2) is 8.23. The number of carbonyl (C=O) groups is 3. The van der Waals surface area contributed by atoms with Crippen LogP contribution in [0.15, 0.2) is 42.5 Å². The molecule has 3 amide bonds. The molecule has 0 bridgehead atoms. The highest BCUT2D eigenvalue weighted by Gasteiger charge is 2.35. The molecule has 7 nitrogen and oxygen atoms in total. The van der Waals surface area contributed by atoms with Crippen LogP contribution in [0.2, 0.25) is 0 Å². The van der Waals surface area contributed by atoms with Gasteiger partial charge in [0.05, 0.1) is 30.3 Å². The fourth-order valence-corrected chi connectivity index (χ4v) is 3.73. The highest BCUT2D eigenvalue weighted by atomic mass is 35.5. The van der Waals surface area contributed by atoms with Gasteiger partial charge in [0.25, 0.3) is 17.7 Å². The highest BCUT2D eigenvalue weighted by Crippen LogP contribution is 2.27. The minimum Gasteiger partial charge on any atom is -0.496 e. The van der Waals surface area contributed by atoms with E-state index in [0.29, 0.717) is 41.1 Å². The third kappa shape index (κ3) is 3.71. The van der Waals surface area contributed by atoms with Crippen molar-refractivity contribution in [3.05, 3.63) is 64.7 Å². The molecule has 1 atom stereocenters. The minimum atomic E-state index is -0.324. The summed E-state index contributed by atoms with van der Waals surface area (Å²) in [4.78, 5) is 41.0. The van der Waals surface area contributed by atoms with Crippen LogP contribution in [0.4, 0.5) is 0 Å². The van der Waals surface area contributed by atoms with Crippen molar-refractivity contribution in [1.82, 2.24) is 9.80 Å². The summed E-state index contributed by atoms with van der Waals surface area (Å²) in [5, 5.41) is 0. The number of imide groups is 1. The molecule has 0 unspecified atom stereocenters. The molecule has 1 saturated heterocycles. The third-order valence-corrected chi connectivity index (χ3v) is 5.23. The monoisotopic (exact) mass is 415 g/mol. The summed E-state index contributed by atoms with van der Waals surface area (Å²) >= 11 is 0. The van der Waals surface area contributed by atoms with Gasteiger partial charge < -0.3 is 15.4 Å². The van der Waals surface area contributed by atoms with Gasteiger partial charge in [0, 0.05) is 19.1 Å². The lowest BCUT2D eigenvalue weighted by atomic mass is 10.1. The van der Waals surface area contributed by atoms with Gasteiger partial charge in [-0.05, 0) is 36.2 Å². The van der Waals surface area contributed by atoms with Crippen LogP contribution >= 0.6 is 12.4 Å². The number of methoxy groups -OCH3 is 1. The van der Waals surface area contributed by atoms with Crippen LogP contribution in [0.1, 0.15) is 43.1 Å². The molecular weight excluding hydrogens is 394 g/mol. The number of hydrogen-bond acceptors (Lipinski definition) is 5. The van der Waals surface area contributed by atoms with E-state index < -0.39 is 0 Å². The Kier molecular flexibility index (Phi) is 5.91. The van der Waals surface area contributed by atoms with Crippen molar-refractivity contribution < 1.29 is 19.1 Å². The van der Waals surface area contributed by atoms with E-state index in [2.05, 4.69) is 0 Å². The SMILES string of the molecule is COc1ccc(CN2C(=O)c3ccccc3C2=O)cc1C(=O)N1CC[C@@H](N)C1.Cl. The maximum Gasteiger partial charge on any atom is 0.261 e. The van der Waals surface area contributed by atoms with E-state index in [-0.39, 0.29) is 42.7 Å². The summed E-state index contributed by atoms with van der Waals surface area (Å²) in [5.41, 5.74) is 7.82. The van der Waals surface area contributed by atoms with Crippen molar-refractivity contribution in [1.29, 1.82) is 0 Å². The Bertz CT molecular complexity index is 943. The summed E-state index contributed by atoms with van der Waals surface area (Å²) < 4.78 is 5.34. The molecule has 0 radical (unpaired) electrons. The summed E-state index contributed by atoms with van der Waals surface area (Å²) in [6.45, 7) is 1.20. The normalized spacial score (nSPS) is 17.9. The first-order valence-corrected chi connectivity index (χ1v) is 9.16. The van der Waals surface area contributed by atoms with Gasteiger partial charge in [-0.1, -0.05) is 18.2 Å². The highest BCUT2D eigenvalue weighted by molar-refractivity contribution is 6.21. The number of nitrogens with zero attached hydrogens (tertiary/aromatic N) is 2. The average molecular weight is 416 g/mol. The Hall–Kier alpha value is -2.90. The molecule has 152 valence electrons. The number of benzene rings is 2. The summed E-state index contributed by atoms with van der Waals surface area (Å²) in [5.74, 6) is -0.352. The summed E-state index contributed by atoms with van der Waals surface area (Å²) in [7, 11) is 1.51. The van der Waals surface area contributed by atoms with E-state index >= 15 is 0 Å². The van der Waals surface area contributed by atoms with Crippen LogP contribution in [-0.4, -0.2) is 53.8 Å². The second-order valence-corrected chi connectivity index (χ2v) is 7.08. The molecule has 0 aliphatic carbocycles. The number of likely N-dealkylation sites (tertiary alicyclic amines) is 1. The Balaban J connectivity index is 0.00000240. The molecule has 1 fully saturated rings. The van der Waals surface area contributed by atoms with E-state index in [4.69, 9.17) is 10.5 Å². The van der Waals surface area contributed by atoms with Crippen LogP contribution in [0, 0.1) is 0 Å². The zero-order valence-corrected chi connectivity index (χ0v) is 16.8. The topological polar surface area (TPSA) is 92.9 Å². The van der Waals surface area contributed by atoms with E-state index in [0.717, 1.165) is 6.42 Å². The van der Waals surface area contributed by atoms with E-state index in [1.807, 2.05) is 0 Å². The van der Waals surface area contributed by atoms with Crippen molar-refractivity contribution >= 4 is 30.1 Å². The number of nitrogens with two attached hydrogens (primary N) is 1. The maximum absolute atomic E-state index is 12.9. The second-order valence-electron chi connectivity index (χ2n) is 7.08. The first-order chi connectivity index (χ1) is 13.5. The standard InChI is InChI=1S/C21H21N3O4.ClH/c1-28-18-7-6-13(10-17(18)19(25)23-9-8-14(22)12-23)11-24-20(26)15-4-2-3-5-16(15)21(24)27;/h2-7,10,14H,8-9,11-12,22H2,1H3;1H/t14-;/m1./s1. The number of rotatable bonds is 4. The smallest absolute Gasteiger partial charge is 0.261 e. The van der Waals surface area contributed by atoms with Crippen LogP contribution in [0.5, 0.6) is 5.75 Å². The van der Waals surface area contributed by atoms with Crippen LogP contribution in [0.25, 0.3) is 0 Å². The predicted octanol–water partition coefficient (Wildman–Crippen LogP) is 2.09. The van der Waals surface area contributed by atoms with Gasteiger partial charge in [0.1, 0.15) is 5.75 Å². The number of fused-ring (bicyclic) bond motifs is 1. The quantitative estimate of drug-likeness (QED) is 0.772. The van der Waals surface area contributed by atoms with Crippen LogP contribution < -0.4 is 10.5 Å². The predicted molar refractivity (Wildman–Crippen MR) is 109 cm³/mol. The lowest BCUT2D eigenvalue weighted by Crippen LogP contribution is -2.32. The first kappa shape index (κ1) is 20.8. The molecular formula is C21H22ClN3O4. The number of ether oxygens (including phenoxy) is 1. The molecule has 0 aromatic heterocycles. The molecule has 2 N–H and O–H groups in total. The molecule has 0 saturated carbocycles.